The van der Waals surface area contributed by atoms with Crippen LogP contribution in [0.2, 0.25) is 0 Å². The Morgan fingerprint density at radius 2 is 1.50 bits per heavy atom. The number of rotatable bonds is 11. The van der Waals surface area contributed by atoms with Gasteiger partial charge in [0.25, 0.3) is 5.56 Å². The summed E-state index contributed by atoms with van der Waals surface area (Å²) in [6, 6.07) is 24.5. The predicted octanol–water partition coefficient (Wildman–Crippen LogP) is 7.83. The molecule has 0 amide bonds. The molecule has 0 N–H and O–H groups in total. The lowest BCUT2D eigenvalue weighted by Crippen LogP contribution is -2.26. The summed E-state index contributed by atoms with van der Waals surface area (Å²) in [6.45, 7) is 2.84. The lowest BCUT2D eigenvalue weighted by molar-refractivity contribution is 0.104. The first-order valence-electron chi connectivity index (χ1n) is 12.7. The highest BCUT2D eigenvalue weighted by atomic mass is 79.9. The number of unbranched alkanes of at least 4 members (excludes halogenated alkanes) is 5. The molecule has 184 valence electrons. The van der Waals surface area contributed by atoms with Crippen LogP contribution in [0.15, 0.2) is 94.2 Å². The van der Waals surface area contributed by atoms with E-state index in [1.807, 2.05) is 71.3 Å². The average molecular weight is 544 g/mol. The highest BCUT2D eigenvalue weighted by molar-refractivity contribution is 9.10. The second-order valence-electron chi connectivity index (χ2n) is 8.97. The summed E-state index contributed by atoms with van der Waals surface area (Å²) in [7, 11) is 0. The first kappa shape index (κ1) is 25.8. The fourth-order valence-corrected chi connectivity index (χ4v) is 4.64. The van der Waals surface area contributed by atoms with Gasteiger partial charge < -0.3 is 4.57 Å². The summed E-state index contributed by atoms with van der Waals surface area (Å²) in [5.41, 5.74) is 3.59. The van der Waals surface area contributed by atoms with E-state index in [4.69, 9.17) is 4.98 Å². The Kier molecular flexibility index (Phi) is 9.01. The molecule has 0 atom stereocenters. The number of allylic oxidation sites excluding steroid dienone is 1. The van der Waals surface area contributed by atoms with Crippen molar-refractivity contribution < 1.29 is 4.79 Å². The van der Waals surface area contributed by atoms with Crippen LogP contribution in [0.25, 0.3) is 16.6 Å². The number of hydrogen-bond acceptors (Lipinski definition) is 3. The van der Waals surface area contributed by atoms with Crippen LogP contribution in [-0.4, -0.2) is 15.3 Å². The van der Waals surface area contributed by atoms with E-state index in [1.54, 1.807) is 18.2 Å². The molecule has 0 fully saturated rings. The van der Waals surface area contributed by atoms with Crippen LogP contribution >= 0.6 is 15.9 Å². The number of ketones is 1. The van der Waals surface area contributed by atoms with Crippen molar-refractivity contribution in [3.05, 3.63) is 117 Å². The van der Waals surface area contributed by atoms with Gasteiger partial charge in [-0.3, -0.25) is 9.59 Å². The zero-order chi connectivity index (χ0) is 25.3. The van der Waals surface area contributed by atoms with E-state index < -0.39 is 0 Å². The first-order valence-corrected chi connectivity index (χ1v) is 13.4. The third-order valence-electron chi connectivity index (χ3n) is 6.33. The normalized spacial score (nSPS) is 11.7. The molecule has 0 bridgehead atoms. The second-order valence-corrected chi connectivity index (χ2v) is 9.88. The molecule has 3 aromatic carbocycles. The number of para-hydroxylation sites is 2. The Morgan fingerprint density at radius 3 is 2.25 bits per heavy atom. The van der Waals surface area contributed by atoms with E-state index in [1.165, 1.54) is 25.7 Å². The van der Waals surface area contributed by atoms with Gasteiger partial charge in [0, 0.05) is 22.2 Å². The number of nitrogens with zero attached hydrogens (tertiary/aromatic N) is 2. The Balaban J connectivity index is 1.78. The van der Waals surface area contributed by atoms with Crippen LogP contribution in [0.3, 0.4) is 0 Å². The number of hydrogen-bond donors (Lipinski definition) is 0. The molecule has 0 saturated heterocycles. The number of aromatic nitrogens is 2. The number of halogens is 1. The molecule has 5 heteroatoms. The zero-order valence-corrected chi connectivity index (χ0v) is 22.2. The average Bonchev–Trinajstić information content (AvgIpc) is 2.91. The van der Waals surface area contributed by atoms with Gasteiger partial charge in [-0.25, -0.2) is 4.98 Å². The molecule has 0 aliphatic rings. The zero-order valence-electron chi connectivity index (χ0n) is 20.6. The molecule has 0 saturated carbocycles. The quantitative estimate of drug-likeness (QED) is 0.110. The van der Waals surface area contributed by atoms with Crippen LogP contribution < -0.4 is 5.56 Å². The molecule has 1 aromatic heterocycles. The van der Waals surface area contributed by atoms with E-state index >= 15 is 0 Å². The van der Waals surface area contributed by atoms with Crippen LogP contribution in [0.1, 0.15) is 67.1 Å². The number of aryl methyl sites for hydroxylation is 1. The molecular formula is C31H31BrN2O2. The first-order chi connectivity index (χ1) is 17.6. The Labute approximate surface area is 220 Å². The fraction of sp³-hybridized carbons (Fsp3) is 0.258. The Bertz CT molecular complexity index is 1410. The van der Waals surface area contributed by atoms with E-state index in [2.05, 4.69) is 22.9 Å². The molecular weight excluding hydrogens is 512 g/mol. The van der Waals surface area contributed by atoms with Crippen molar-refractivity contribution in [1.29, 1.82) is 0 Å². The van der Waals surface area contributed by atoms with Gasteiger partial charge in [0.05, 0.1) is 11.0 Å². The maximum Gasteiger partial charge on any atom is 0.277 e. The molecule has 0 aliphatic heterocycles. The van der Waals surface area contributed by atoms with Crippen molar-refractivity contribution >= 4 is 38.3 Å². The Hall–Kier alpha value is -3.31. The fourth-order valence-electron chi connectivity index (χ4n) is 4.37. The van der Waals surface area contributed by atoms with Crippen molar-refractivity contribution in [2.75, 3.05) is 0 Å². The number of carbonyl (C=O) groups is 1. The lowest BCUT2D eigenvalue weighted by Gasteiger charge is -2.14. The van der Waals surface area contributed by atoms with Crippen molar-refractivity contribution in [3.63, 3.8) is 0 Å². The molecule has 4 rings (SSSR count). The van der Waals surface area contributed by atoms with Crippen molar-refractivity contribution in [2.24, 2.45) is 0 Å². The summed E-state index contributed by atoms with van der Waals surface area (Å²) in [6.07, 6.45) is 8.43. The van der Waals surface area contributed by atoms with Crippen molar-refractivity contribution in [2.45, 2.75) is 52.0 Å². The minimum absolute atomic E-state index is 0.166. The molecule has 0 spiro atoms. The van der Waals surface area contributed by atoms with Crippen molar-refractivity contribution in [3.8, 4) is 0 Å². The molecule has 4 nitrogen and oxygen atoms in total. The van der Waals surface area contributed by atoms with Crippen LogP contribution in [0.5, 0.6) is 0 Å². The summed E-state index contributed by atoms with van der Waals surface area (Å²) in [5.74, 6) is -0.168. The Morgan fingerprint density at radius 1 is 0.833 bits per heavy atom. The van der Waals surface area contributed by atoms with E-state index in [0.29, 0.717) is 23.4 Å². The molecule has 36 heavy (non-hydrogen) atoms. The minimum atomic E-state index is -0.168. The van der Waals surface area contributed by atoms with Gasteiger partial charge in [-0.2, -0.15) is 0 Å². The van der Waals surface area contributed by atoms with Gasteiger partial charge in [0.2, 0.25) is 0 Å². The number of fused-ring (bicyclic) bond motifs is 1. The highest BCUT2D eigenvalue weighted by Gasteiger charge is 2.18. The topological polar surface area (TPSA) is 52.0 Å². The predicted molar refractivity (Wildman–Crippen MR) is 151 cm³/mol. The van der Waals surface area contributed by atoms with Gasteiger partial charge in [-0.05, 0) is 54.5 Å². The molecule has 4 aromatic rings. The summed E-state index contributed by atoms with van der Waals surface area (Å²) >= 11 is 3.42. The van der Waals surface area contributed by atoms with Gasteiger partial charge in [-0.15, -0.1) is 0 Å². The van der Waals surface area contributed by atoms with Crippen LogP contribution in [0, 0.1) is 0 Å². The van der Waals surface area contributed by atoms with Crippen LogP contribution in [-0.2, 0) is 6.54 Å². The van der Waals surface area contributed by atoms with Crippen LogP contribution in [0.4, 0.5) is 0 Å². The molecule has 0 aliphatic carbocycles. The molecule has 0 radical (unpaired) electrons. The molecule has 0 unspecified atom stereocenters. The van der Waals surface area contributed by atoms with E-state index in [-0.39, 0.29) is 11.3 Å². The SMILES string of the molecule is CCCCCCCCn1c(=O)c(/C(=C\C(=O)c2ccc(Br)cc2)c2ccccc2)nc2ccccc21. The smallest absolute Gasteiger partial charge is 0.277 e. The largest absolute Gasteiger partial charge is 0.305 e. The van der Waals surface area contributed by atoms with Gasteiger partial charge in [0.15, 0.2) is 5.78 Å². The summed E-state index contributed by atoms with van der Waals surface area (Å²) < 4.78 is 2.73. The van der Waals surface area contributed by atoms with E-state index in [0.717, 1.165) is 33.9 Å². The number of carbonyl (C=O) groups excluding carboxylic acids is 1. The monoisotopic (exact) mass is 542 g/mol. The number of benzene rings is 3. The lowest BCUT2D eigenvalue weighted by atomic mass is 9.99. The van der Waals surface area contributed by atoms with Gasteiger partial charge >= 0.3 is 0 Å². The third-order valence-corrected chi connectivity index (χ3v) is 6.86. The molecule has 1 heterocycles. The second kappa shape index (κ2) is 12.6. The highest BCUT2D eigenvalue weighted by Crippen LogP contribution is 2.23. The van der Waals surface area contributed by atoms with Crippen molar-refractivity contribution in [1.82, 2.24) is 9.55 Å². The third kappa shape index (κ3) is 6.27. The summed E-state index contributed by atoms with van der Waals surface area (Å²) in [4.78, 5) is 31.9. The maximum atomic E-state index is 13.9. The minimum Gasteiger partial charge on any atom is -0.305 e. The van der Waals surface area contributed by atoms with Gasteiger partial charge in [0.1, 0.15) is 5.69 Å². The van der Waals surface area contributed by atoms with Gasteiger partial charge in [-0.1, -0.05) is 97.4 Å². The summed E-state index contributed by atoms with van der Waals surface area (Å²) in [5, 5.41) is 0. The maximum absolute atomic E-state index is 13.9. The van der Waals surface area contributed by atoms with E-state index in [9.17, 15) is 9.59 Å². The standard InChI is InChI=1S/C31H31BrN2O2/c1-2-3-4-5-6-12-21-34-28-16-11-10-15-27(28)33-30(31(34)36)26(23-13-8-7-9-14-23)22-29(35)24-17-19-25(32)20-18-24/h7-11,13-20,22H,2-6,12,21H2,1H3/b26-22-.